The normalized spacial score (nSPS) is 10.2. The second-order valence-corrected chi connectivity index (χ2v) is 5.52. The molecule has 0 aliphatic carbocycles. The molecule has 0 fully saturated rings. The molecule has 1 N–H and O–H groups in total. The van der Waals surface area contributed by atoms with Gasteiger partial charge in [0, 0.05) is 18.3 Å². The highest BCUT2D eigenvalue weighted by Crippen LogP contribution is 2.21. The number of hydrogen-bond donors (Lipinski definition) is 1. The summed E-state index contributed by atoms with van der Waals surface area (Å²) in [5.74, 6) is -0.359. The molecule has 1 heterocycles. The molecule has 0 radical (unpaired) electrons. The van der Waals surface area contributed by atoms with Gasteiger partial charge in [0.25, 0.3) is 0 Å². The first-order chi connectivity index (χ1) is 10.1. The Labute approximate surface area is 132 Å². The summed E-state index contributed by atoms with van der Waals surface area (Å²) >= 11 is 7.28. The molecule has 0 unspecified atom stereocenters. The van der Waals surface area contributed by atoms with Crippen molar-refractivity contribution in [3.8, 4) is 0 Å². The van der Waals surface area contributed by atoms with Crippen LogP contribution in [-0.4, -0.2) is 17.7 Å². The number of thiophene rings is 1. The average Bonchev–Trinajstić information content (AvgIpc) is 2.97. The van der Waals surface area contributed by atoms with Gasteiger partial charge in [-0.3, -0.25) is 9.59 Å². The Morgan fingerprint density at radius 2 is 1.95 bits per heavy atom. The minimum absolute atomic E-state index is 0.0718. The third kappa shape index (κ3) is 4.31. The summed E-state index contributed by atoms with van der Waals surface area (Å²) in [7, 11) is 0. The van der Waals surface area contributed by atoms with E-state index in [1.807, 2.05) is 16.8 Å². The molecule has 0 saturated carbocycles. The maximum absolute atomic E-state index is 12.0. The van der Waals surface area contributed by atoms with Gasteiger partial charge in [0.2, 0.25) is 11.8 Å². The van der Waals surface area contributed by atoms with E-state index in [1.54, 1.807) is 40.5 Å². The van der Waals surface area contributed by atoms with E-state index >= 15 is 0 Å². The molecule has 2 aromatic rings. The van der Waals surface area contributed by atoms with Gasteiger partial charge in [0.1, 0.15) is 5.88 Å². The first kappa shape index (κ1) is 15.5. The highest BCUT2D eigenvalue weighted by atomic mass is 35.5. The largest absolute Gasteiger partial charge is 0.326 e. The number of nitrogens with zero attached hydrogens (tertiary/aromatic N) is 1. The molecule has 0 aliphatic heterocycles. The molecule has 0 spiro atoms. The quantitative estimate of drug-likeness (QED) is 0.857. The Kier molecular flexibility index (Phi) is 5.36. The number of amides is 2. The van der Waals surface area contributed by atoms with Gasteiger partial charge >= 0.3 is 0 Å². The lowest BCUT2D eigenvalue weighted by atomic mass is 10.2. The van der Waals surface area contributed by atoms with Crippen LogP contribution in [0.3, 0.4) is 0 Å². The monoisotopic (exact) mass is 322 g/mol. The molecule has 2 amide bonds. The fraction of sp³-hybridized carbons (Fsp3) is 0.200. The third-order valence-corrected chi connectivity index (χ3v) is 3.80. The van der Waals surface area contributed by atoms with Crippen molar-refractivity contribution in [3.05, 3.63) is 46.7 Å². The number of anilines is 2. The molecule has 2 rings (SSSR count). The van der Waals surface area contributed by atoms with E-state index in [-0.39, 0.29) is 17.7 Å². The van der Waals surface area contributed by atoms with Gasteiger partial charge in [-0.1, -0.05) is 0 Å². The van der Waals surface area contributed by atoms with Crippen molar-refractivity contribution in [1.29, 1.82) is 0 Å². The van der Waals surface area contributed by atoms with E-state index in [4.69, 9.17) is 11.6 Å². The first-order valence-electron chi connectivity index (χ1n) is 6.35. The number of benzene rings is 1. The molecule has 1 aromatic carbocycles. The fourth-order valence-electron chi connectivity index (χ4n) is 1.89. The zero-order chi connectivity index (χ0) is 15.2. The number of carbonyl (C=O) groups excluding carboxylic acids is 2. The fourth-order valence-corrected chi connectivity index (χ4v) is 2.69. The van der Waals surface area contributed by atoms with Crippen molar-refractivity contribution in [3.63, 3.8) is 0 Å². The molecule has 110 valence electrons. The van der Waals surface area contributed by atoms with Crippen molar-refractivity contribution >= 4 is 46.1 Å². The second-order valence-electron chi connectivity index (χ2n) is 4.47. The highest BCUT2D eigenvalue weighted by molar-refractivity contribution is 7.07. The maximum atomic E-state index is 12.0. The van der Waals surface area contributed by atoms with Crippen LogP contribution < -0.4 is 10.2 Å². The number of carbonyl (C=O) groups is 2. The number of hydrogen-bond acceptors (Lipinski definition) is 3. The Morgan fingerprint density at radius 3 is 2.48 bits per heavy atom. The van der Waals surface area contributed by atoms with Gasteiger partial charge in [-0.05, 0) is 46.7 Å². The van der Waals surface area contributed by atoms with E-state index < -0.39 is 0 Å². The van der Waals surface area contributed by atoms with Crippen LogP contribution in [-0.2, 0) is 16.1 Å². The van der Waals surface area contributed by atoms with Gasteiger partial charge < -0.3 is 10.2 Å². The standard InChI is InChI=1S/C15H15ClN2O2S/c1-11(19)17-13-2-4-14(5-3-13)18(15(20)8-16)9-12-6-7-21-10-12/h2-7,10H,8-9H2,1H3,(H,17,19). The van der Waals surface area contributed by atoms with Crippen LogP contribution in [0.2, 0.25) is 0 Å². The van der Waals surface area contributed by atoms with E-state index in [0.29, 0.717) is 12.2 Å². The van der Waals surface area contributed by atoms with E-state index in [0.717, 1.165) is 11.3 Å². The van der Waals surface area contributed by atoms with Crippen LogP contribution >= 0.6 is 22.9 Å². The van der Waals surface area contributed by atoms with Gasteiger partial charge in [-0.25, -0.2) is 0 Å². The summed E-state index contributed by atoms with van der Waals surface area (Å²) in [6, 6.07) is 9.09. The van der Waals surface area contributed by atoms with Gasteiger partial charge in [-0.15, -0.1) is 11.6 Å². The van der Waals surface area contributed by atoms with Crippen molar-refractivity contribution in [2.24, 2.45) is 0 Å². The third-order valence-electron chi connectivity index (χ3n) is 2.84. The number of alkyl halides is 1. The first-order valence-corrected chi connectivity index (χ1v) is 7.83. The lowest BCUT2D eigenvalue weighted by Crippen LogP contribution is -2.31. The summed E-state index contributed by atoms with van der Waals surface area (Å²) in [5, 5.41) is 6.66. The van der Waals surface area contributed by atoms with Crippen LogP contribution in [0.25, 0.3) is 0 Å². The topological polar surface area (TPSA) is 49.4 Å². The Balaban J connectivity index is 2.20. The van der Waals surface area contributed by atoms with Crippen molar-refractivity contribution in [1.82, 2.24) is 0 Å². The molecule has 0 bridgehead atoms. The van der Waals surface area contributed by atoms with E-state index in [1.165, 1.54) is 6.92 Å². The van der Waals surface area contributed by atoms with Gasteiger partial charge in [0.05, 0.1) is 6.54 Å². The Bertz CT molecular complexity index is 611. The molecular formula is C15H15ClN2O2S. The van der Waals surface area contributed by atoms with Crippen LogP contribution in [0.15, 0.2) is 41.1 Å². The van der Waals surface area contributed by atoms with Crippen molar-refractivity contribution in [2.75, 3.05) is 16.1 Å². The molecule has 21 heavy (non-hydrogen) atoms. The summed E-state index contributed by atoms with van der Waals surface area (Å²) in [4.78, 5) is 24.7. The average molecular weight is 323 g/mol. The van der Waals surface area contributed by atoms with E-state index in [2.05, 4.69) is 5.32 Å². The van der Waals surface area contributed by atoms with E-state index in [9.17, 15) is 9.59 Å². The molecule has 6 heteroatoms. The molecule has 0 aliphatic rings. The van der Waals surface area contributed by atoms with Crippen LogP contribution in [0.1, 0.15) is 12.5 Å². The molecule has 0 saturated heterocycles. The van der Waals surface area contributed by atoms with Crippen LogP contribution in [0, 0.1) is 0 Å². The molecule has 4 nitrogen and oxygen atoms in total. The number of halogens is 1. The molecule has 0 atom stereocenters. The minimum Gasteiger partial charge on any atom is -0.326 e. The van der Waals surface area contributed by atoms with Crippen molar-refractivity contribution < 1.29 is 9.59 Å². The molecular weight excluding hydrogens is 308 g/mol. The zero-order valence-electron chi connectivity index (χ0n) is 11.5. The van der Waals surface area contributed by atoms with Crippen LogP contribution in [0.5, 0.6) is 0 Å². The summed E-state index contributed by atoms with van der Waals surface area (Å²) in [6.45, 7) is 1.93. The summed E-state index contributed by atoms with van der Waals surface area (Å²) < 4.78 is 0. The highest BCUT2D eigenvalue weighted by Gasteiger charge is 2.15. The summed E-state index contributed by atoms with van der Waals surface area (Å²) in [5.41, 5.74) is 2.51. The van der Waals surface area contributed by atoms with Gasteiger partial charge in [0.15, 0.2) is 0 Å². The lowest BCUT2D eigenvalue weighted by molar-refractivity contribution is -0.116. The lowest BCUT2D eigenvalue weighted by Gasteiger charge is -2.22. The maximum Gasteiger partial charge on any atom is 0.242 e. The predicted molar refractivity (Wildman–Crippen MR) is 87.0 cm³/mol. The second kappa shape index (κ2) is 7.24. The molecule has 1 aromatic heterocycles. The van der Waals surface area contributed by atoms with Crippen molar-refractivity contribution in [2.45, 2.75) is 13.5 Å². The van der Waals surface area contributed by atoms with Crippen LogP contribution in [0.4, 0.5) is 11.4 Å². The predicted octanol–water partition coefficient (Wildman–Crippen LogP) is 3.48. The minimum atomic E-state index is -0.157. The van der Waals surface area contributed by atoms with Gasteiger partial charge in [-0.2, -0.15) is 11.3 Å². The number of nitrogens with one attached hydrogen (secondary N) is 1. The summed E-state index contributed by atoms with van der Waals surface area (Å²) in [6.07, 6.45) is 0. The Morgan fingerprint density at radius 1 is 1.24 bits per heavy atom. The Hall–Kier alpha value is -1.85. The smallest absolute Gasteiger partial charge is 0.242 e. The SMILES string of the molecule is CC(=O)Nc1ccc(N(Cc2ccsc2)C(=O)CCl)cc1. The number of rotatable bonds is 5. The zero-order valence-corrected chi connectivity index (χ0v) is 13.1.